The Hall–Kier alpha value is -6.15. The Bertz CT molecular complexity index is 2150. The van der Waals surface area contributed by atoms with E-state index in [4.69, 9.17) is 28.4 Å². The molecule has 1 N–H and O–H groups in total. The van der Waals surface area contributed by atoms with Crippen molar-refractivity contribution in [2.45, 2.75) is 64.4 Å². The topological polar surface area (TPSA) is 156 Å². The lowest BCUT2D eigenvalue weighted by Crippen LogP contribution is -2.50. The highest BCUT2D eigenvalue weighted by atomic mass is 79.9. The van der Waals surface area contributed by atoms with Crippen molar-refractivity contribution in [2.24, 2.45) is 0 Å². The Morgan fingerprint density at radius 1 is 0.862 bits per heavy atom. The lowest BCUT2D eigenvalue weighted by atomic mass is 9.74. The predicted molar refractivity (Wildman–Crippen MR) is 217 cm³/mol. The molecule has 0 aromatic heterocycles. The average molecular weight is 858 g/mol. The molecule has 0 fully saturated rings. The minimum absolute atomic E-state index is 0.00475. The fourth-order valence-corrected chi connectivity index (χ4v) is 6.86. The molecule has 0 radical (unpaired) electrons. The number of anilines is 1. The Morgan fingerprint density at radius 3 is 2.21 bits per heavy atom. The summed E-state index contributed by atoms with van der Waals surface area (Å²) in [6.45, 7) is 9.87. The number of nitrogens with one attached hydrogen (secondary N) is 1. The number of benzene rings is 4. The first-order chi connectivity index (χ1) is 27.7. The Balaban J connectivity index is 1.65. The number of carbonyl (C=O) groups is 5. The summed E-state index contributed by atoms with van der Waals surface area (Å²) in [5.74, 6) is -2.00. The number of ether oxygens (including phenoxy) is 6. The molecular weight excluding hydrogens is 812 g/mol. The van der Waals surface area contributed by atoms with Gasteiger partial charge in [0.2, 0.25) is 5.41 Å². The molecule has 1 aliphatic heterocycles. The third kappa shape index (κ3) is 9.68. The first-order valence-corrected chi connectivity index (χ1v) is 19.2. The number of rotatable bonds is 15. The first kappa shape index (κ1) is 43.0. The molecule has 1 unspecified atom stereocenters. The van der Waals surface area contributed by atoms with E-state index in [2.05, 4.69) is 27.8 Å². The molecule has 3 amide bonds. The van der Waals surface area contributed by atoms with Gasteiger partial charge >= 0.3 is 24.1 Å². The minimum Gasteiger partial charge on any atom is -0.497 e. The SMILES string of the molecule is C=CCOC(=O)N1C(=O)C(C(=O)OCC)(c2cc(C[C@H](NC(=O)OCc3ccccc3)C(=O)OC(C)(C)C)ccc2OCc2ccc(OC)cc2)c2cccc(Br)c21. The van der Waals surface area contributed by atoms with Gasteiger partial charge in [-0.05, 0) is 90.6 Å². The molecule has 0 saturated heterocycles. The second-order valence-corrected chi connectivity index (χ2v) is 14.9. The van der Waals surface area contributed by atoms with E-state index in [-0.39, 0.29) is 55.4 Å². The van der Waals surface area contributed by atoms with Crippen molar-refractivity contribution in [1.82, 2.24) is 5.32 Å². The summed E-state index contributed by atoms with van der Waals surface area (Å²) < 4.78 is 34.1. The molecule has 304 valence electrons. The molecule has 4 aromatic carbocycles. The molecule has 5 rings (SSSR count). The van der Waals surface area contributed by atoms with Gasteiger partial charge in [-0.15, -0.1) is 0 Å². The molecule has 1 aliphatic rings. The van der Waals surface area contributed by atoms with Gasteiger partial charge in [0.1, 0.15) is 43.0 Å². The first-order valence-electron chi connectivity index (χ1n) is 18.4. The van der Waals surface area contributed by atoms with Crippen LogP contribution in [-0.2, 0) is 58.4 Å². The molecule has 1 heterocycles. The third-order valence-corrected chi connectivity index (χ3v) is 9.50. The Kier molecular flexibility index (Phi) is 14.0. The van der Waals surface area contributed by atoms with Crippen LogP contribution in [0.15, 0.2) is 108 Å². The van der Waals surface area contributed by atoms with Gasteiger partial charge in [0.25, 0.3) is 5.91 Å². The van der Waals surface area contributed by atoms with E-state index in [0.717, 1.165) is 16.0 Å². The van der Waals surface area contributed by atoms with E-state index in [0.29, 0.717) is 15.8 Å². The van der Waals surface area contributed by atoms with Gasteiger partial charge in [-0.2, -0.15) is 0 Å². The number of para-hydroxylation sites is 1. The highest BCUT2D eigenvalue weighted by Gasteiger charge is 2.62. The van der Waals surface area contributed by atoms with Crippen LogP contribution < -0.4 is 19.7 Å². The lowest BCUT2D eigenvalue weighted by molar-refractivity contribution is -0.157. The summed E-state index contributed by atoms with van der Waals surface area (Å²) in [4.78, 5) is 70.9. The van der Waals surface area contributed by atoms with Crippen LogP contribution in [0.2, 0.25) is 0 Å². The van der Waals surface area contributed by atoms with Crippen LogP contribution in [0, 0.1) is 0 Å². The number of amides is 3. The summed E-state index contributed by atoms with van der Waals surface area (Å²) in [6, 6.07) is 24.4. The highest BCUT2D eigenvalue weighted by Crippen LogP contribution is 2.52. The zero-order valence-electron chi connectivity index (χ0n) is 32.9. The quantitative estimate of drug-likeness (QED) is 0.0540. The minimum atomic E-state index is -2.32. The molecule has 4 aromatic rings. The van der Waals surface area contributed by atoms with Crippen molar-refractivity contribution in [3.8, 4) is 11.5 Å². The number of hydrogen-bond donors (Lipinski definition) is 1. The number of carbonyl (C=O) groups excluding carboxylic acids is 5. The molecular formula is C44H45BrN2O11. The number of esters is 2. The fourth-order valence-electron chi connectivity index (χ4n) is 6.32. The predicted octanol–water partition coefficient (Wildman–Crippen LogP) is 7.73. The van der Waals surface area contributed by atoms with Crippen LogP contribution >= 0.6 is 15.9 Å². The van der Waals surface area contributed by atoms with E-state index in [1.807, 2.05) is 6.07 Å². The Labute approximate surface area is 345 Å². The van der Waals surface area contributed by atoms with Crippen molar-refractivity contribution < 1.29 is 52.4 Å². The molecule has 0 aliphatic carbocycles. The van der Waals surface area contributed by atoms with E-state index in [9.17, 15) is 19.2 Å². The largest absolute Gasteiger partial charge is 0.497 e. The van der Waals surface area contributed by atoms with Crippen molar-refractivity contribution in [3.05, 3.63) is 136 Å². The van der Waals surface area contributed by atoms with E-state index >= 15 is 4.79 Å². The standard InChI is InChI=1S/C44H45BrN2O11/c1-7-23-55-42(52)47-37-32(15-12-16-34(37)45)44(39(47)49,40(50)54-8-2)33-24-30(19-22-36(33)56-26-29-17-20-31(53-6)21-18-29)25-35(38(48)58-43(3,4)5)46-41(51)57-27-28-13-10-9-11-14-28/h7,9-22,24,35H,1,8,23,25-27H2,2-6H3,(H,46,51)/t35-,44?/m0/s1. The zero-order chi connectivity index (χ0) is 42.0. The number of alkyl carbamates (subject to hydrolysis) is 1. The van der Waals surface area contributed by atoms with Crippen molar-refractivity contribution >= 4 is 51.6 Å². The van der Waals surface area contributed by atoms with Crippen LogP contribution in [0.5, 0.6) is 11.5 Å². The number of fused-ring (bicyclic) bond motifs is 1. The van der Waals surface area contributed by atoms with E-state index in [1.54, 1.807) is 114 Å². The number of imide groups is 1. The van der Waals surface area contributed by atoms with Gasteiger partial charge in [0.15, 0.2) is 0 Å². The van der Waals surface area contributed by atoms with Crippen molar-refractivity contribution in [3.63, 3.8) is 0 Å². The van der Waals surface area contributed by atoms with Gasteiger partial charge in [-0.3, -0.25) is 9.59 Å². The second kappa shape index (κ2) is 18.9. The maximum Gasteiger partial charge on any atom is 0.421 e. The maximum absolute atomic E-state index is 15.0. The van der Waals surface area contributed by atoms with Gasteiger partial charge in [0.05, 0.1) is 19.4 Å². The van der Waals surface area contributed by atoms with Gasteiger partial charge in [0, 0.05) is 22.0 Å². The van der Waals surface area contributed by atoms with Crippen molar-refractivity contribution in [1.29, 1.82) is 0 Å². The Morgan fingerprint density at radius 2 is 1.55 bits per heavy atom. The fraction of sp³-hybridized carbons (Fsp3) is 0.295. The van der Waals surface area contributed by atoms with Gasteiger partial charge < -0.3 is 33.7 Å². The normalized spacial score (nSPS) is 15.1. The molecule has 0 saturated carbocycles. The van der Waals surface area contributed by atoms with E-state index < -0.39 is 47.1 Å². The van der Waals surface area contributed by atoms with Crippen LogP contribution in [0.25, 0.3) is 0 Å². The number of halogens is 1. The van der Waals surface area contributed by atoms with Crippen molar-refractivity contribution in [2.75, 3.05) is 25.2 Å². The lowest BCUT2D eigenvalue weighted by Gasteiger charge is -2.29. The summed E-state index contributed by atoms with van der Waals surface area (Å²) >= 11 is 3.47. The average Bonchev–Trinajstić information content (AvgIpc) is 3.47. The molecule has 14 heteroatoms. The smallest absolute Gasteiger partial charge is 0.421 e. The summed E-state index contributed by atoms with van der Waals surface area (Å²) in [5.41, 5.74) is -1.20. The summed E-state index contributed by atoms with van der Waals surface area (Å²) in [6.07, 6.45) is -0.755. The number of methoxy groups -OCH3 is 1. The summed E-state index contributed by atoms with van der Waals surface area (Å²) in [5, 5.41) is 2.62. The molecule has 58 heavy (non-hydrogen) atoms. The van der Waals surface area contributed by atoms with Crippen LogP contribution in [0.1, 0.15) is 55.5 Å². The van der Waals surface area contributed by atoms with Crippen LogP contribution in [-0.4, -0.2) is 62.0 Å². The molecule has 13 nitrogen and oxygen atoms in total. The van der Waals surface area contributed by atoms with E-state index in [1.165, 1.54) is 12.1 Å². The molecule has 0 spiro atoms. The van der Waals surface area contributed by atoms with Gasteiger partial charge in [-0.1, -0.05) is 73.3 Å². The summed E-state index contributed by atoms with van der Waals surface area (Å²) in [7, 11) is 1.55. The molecule has 0 bridgehead atoms. The maximum atomic E-state index is 15.0. The van der Waals surface area contributed by atoms with Gasteiger partial charge in [-0.25, -0.2) is 19.3 Å². The number of nitrogens with zero attached hydrogens (tertiary/aromatic N) is 1. The highest BCUT2D eigenvalue weighted by molar-refractivity contribution is 9.10. The zero-order valence-corrected chi connectivity index (χ0v) is 34.5. The number of hydrogen-bond acceptors (Lipinski definition) is 11. The van der Waals surface area contributed by atoms with Crippen LogP contribution in [0.4, 0.5) is 15.3 Å². The third-order valence-electron chi connectivity index (χ3n) is 8.86. The van der Waals surface area contributed by atoms with Crippen LogP contribution in [0.3, 0.4) is 0 Å². The second-order valence-electron chi connectivity index (χ2n) is 14.1. The monoisotopic (exact) mass is 856 g/mol. The molecule has 2 atom stereocenters.